The number of benzene rings is 1. The van der Waals surface area contributed by atoms with Crippen LogP contribution in [-0.4, -0.2) is 0 Å². The second kappa shape index (κ2) is 7.13. The lowest BCUT2D eigenvalue weighted by Gasteiger charge is -2.42. The van der Waals surface area contributed by atoms with Crippen molar-refractivity contribution in [3.63, 3.8) is 0 Å². The zero-order chi connectivity index (χ0) is 21.6. The fraction of sp³-hybridized carbons (Fsp3) is 0.393. The largest absolute Gasteiger partial charge is 0.213 e. The minimum absolute atomic E-state index is 0.00805. The lowest BCUT2D eigenvalue weighted by atomic mass is 9.65. The van der Waals surface area contributed by atoms with Crippen molar-refractivity contribution in [2.45, 2.75) is 66.3 Å². The van der Waals surface area contributed by atoms with Gasteiger partial charge in [-0.3, -0.25) is 0 Å². The molecule has 1 aliphatic rings. The van der Waals surface area contributed by atoms with Gasteiger partial charge in [-0.05, 0) is 60.6 Å². The Bertz CT molecular complexity index is 1010. The molecular weight excluding hydrogens is 350 g/mol. The van der Waals surface area contributed by atoms with Crippen LogP contribution in [0.2, 0.25) is 0 Å². The van der Waals surface area contributed by atoms with Gasteiger partial charge < -0.3 is 0 Å². The molecule has 0 saturated carbocycles. The van der Waals surface area contributed by atoms with Gasteiger partial charge in [-0.15, -0.1) is 0 Å². The van der Waals surface area contributed by atoms with Gasteiger partial charge in [0.2, 0.25) is 5.69 Å². The van der Waals surface area contributed by atoms with Crippen molar-refractivity contribution in [1.29, 1.82) is 0 Å². The summed E-state index contributed by atoms with van der Waals surface area (Å²) in [6, 6.07) is 13.5. The Morgan fingerprint density at radius 3 is 2.31 bits per heavy atom. The minimum Gasteiger partial charge on any atom is -0.193 e. The van der Waals surface area contributed by atoms with E-state index in [-0.39, 0.29) is 16.4 Å². The summed E-state index contributed by atoms with van der Waals surface area (Å²) in [6.45, 7) is 22.4. The molecule has 0 spiro atoms. The molecule has 0 bridgehead atoms. The lowest BCUT2D eigenvalue weighted by molar-refractivity contribution is -0.760. The standard InChI is InChI=1S/C28H36N/c1-10-14-23(26(3,4)5)21(11-2)20-16-17-24-22(19-20)25-15-12-13-18-29(25)28(8,9)27(24,6)7/h10-19H,2H2,1,3-9H3/q+1/b14-10-,23-21-. The van der Waals surface area contributed by atoms with Crippen molar-refractivity contribution in [3.8, 4) is 11.3 Å². The molecular formula is C28H36N+. The summed E-state index contributed by atoms with van der Waals surface area (Å²) in [5, 5.41) is 0. The van der Waals surface area contributed by atoms with Crippen molar-refractivity contribution in [1.82, 2.24) is 0 Å². The first-order chi connectivity index (χ1) is 13.5. The van der Waals surface area contributed by atoms with Crippen LogP contribution in [0.25, 0.3) is 16.8 Å². The summed E-state index contributed by atoms with van der Waals surface area (Å²) in [5.41, 5.74) is 7.79. The summed E-state index contributed by atoms with van der Waals surface area (Å²) in [6.07, 6.45) is 8.59. The molecule has 1 aliphatic heterocycles. The monoisotopic (exact) mass is 386 g/mol. The van der Waals surface area contributed by atoms with Crippen LogP contribution in [0.4, 0.5) is 0 Å². The Balaban J connectivity index is 2.35. The van der Waals surface area contributed by atoms with E-state index in [0.717, 1.165) is 0 Å². The maximum absolute atomic E-state index is 4.17. The van der Waals surface area contributed by atoms with E-state index in [1.807, 2.05) is 6.08 Å². The molecule has 1 aromatic heterocycles. The van der Waals surface area contributed by atoms with E-state index >= 15 is 0 Å². The number of rotatable bonds is 3. The molecule has 1 heteroatoms. The maximum Gasteiger partial charge on any atom is 0.213 e. The fourth-order valence-corrected chi connectivity index (χ4v) is 4.54. The highest BCUT2D eigenvalue weighted by molar-refractivity contribution is 5.82. The van der Waals surface area contributed by atoms with Crippen molar-refractivity contribution in [2.75, 3.05) is 0 Å². The third kappa shape index (κ3) is 3.31. The predicted molar refractivity (Wildman–Crippen MR) is 126 cm³/mol. The van der Waals surface area contributed by atoms with Gasteiger partial charge >= 0.3 is 0 Å². The molecule has 3 rings (SSSR count). The summed E-state index contributed by atoms with van der Waals surface area (Å²) in [7, 11) is 0. The van der Waals surface area contributed by atoms with Crippen LogP contribution >= 0.6 is 0 Å². The molecule has 29 heavy (non-hydrogen) atoms. The number of hydrogen-bond acceptors (Lipinski definition) is 0. The third-order valence-corrected chi connectivity index (χ3v) is 6.91. The van der Waals surface area contributed by atoms with Gasteiger partial charge in [0.15, 0.2) is 11.7 Å². The van der Waals surface area contributed by atoms with Gasteiger partial charge in [-0.25, -0.2) is 0 Å². The van der Waals surface area contributed by atoms with Gasteiger partial charge in [-0.2, -0.15) is 4.57 Å². The van der Waals surface area contributed by atoms with Crippen LogP contribution in [0.15, 0.2) is 73.0 Å². The molecule has 0 atom stereocenters. The van der Waals surface area contributed by atoms with Gasteiger partial charge in [0.05, 0.1) is 11.0 Å². The quantitative estimate of drug-likeness (QED) is 0.387. The molecule has 0 unspecified atom stereocenters. The first kappa shape index (κ1) is 21.3. The molecule has 0 N–H and O–H groups in total. The number of fused-ring (bicyclic) bond motifs is 3. The first-order valence-corrected chi connectivity index (χ1v) is 10.6. The number of nitrogens with zero attached hydrogens (tertiary/aromatic N) is 1. The number of aromatic nitrogens is 1. The maximum atomic E-state index is 4.17. The van der Waals surface area contributed by atoms with Gasteiger partial charge in [0.25, 0.3) is 0 Å². The second-order valence-electron chi connectivity index (χ2n) is 10.2. The summed E-state index contributed by atoms with van der Waals surface area (Å²) < 4.78 is 2.44. The molecule has 152 valence electrons. The molecule has 0 amide bonds. The minimum atomic E-state index is -0.0171. The predicted octanol–water partition coefficient (Wildman–Crippen LogP) is 7.23. The van der Waals surface area contributed by atoms with Gasteiger partial charge in [0.1, 0.15) is 0 Å². The van der Waals surface area contributed by atoms with Crippen LogP contribution in [-0.2, 0) is 11.0 Å². The average molecular weight is 387 g/mol. The van der Waals surface area contributed by atoms with Crippen LogP contribution in [0.3, 0.4) is 0 Å². The third-order valence-electron chi connectivity index (χ3n) is 6.91. The van der Waals surface area contributed by atoms with E-state index in [4.69, 9.17) is 0 Å². The Kier molecular flexibility index (Phi) is 5.24. The van der Waals surface area contributed by atoms with Crippen molar-refractivity contribution in [3.05, 3.63) is 84.1 Å². The smallest absolute Gasteiger partial charge is 0.193 e. The molecule has 0 aliphatic carbocycles. The highest BCUT2D eigenvalue weighted by atomic mass is 15.1. The average Bonchev–Trinajstić information content (AvgIpc) is 2.66. The number of pyridine rings is 1. The van der Waals surface area contributed by atoms with E-state index in [2.05, 4.69) is 121 Å². The Morgan fingerprint density at radius 1 is 1.03 bits per heavy atom. The van der Waals surface area contributed by atoms with E-state index in [0.29, 0.717) is 0 Å². The van der Waals surface area contributed by atoms with Crippen LogP contribution < -0.4 is 4.57 Å². The zero-order valence-electron chi connectivity index (χ0n) is 19.4. The molecule has 0 fully saturated rings. The SMILES string of the molecule is C=C/C(=C(\C=C/C)C(C)(C)C)c1ccc2c(c1)-c1cccc[n+]1C(C)(C)C2(C)C. The van der Waals surface area contributed by atoms with Gasteiger partial charge in [0, 0.05) is 26.0 Å². The van der Waals surface area contributed by atoms with Crippen LogP contribution in [0.5, 0.6) is 0 Å². The van der Waals surface area contributed by atoms with Gasteiger partial charge in [-0.1, -0.05) is 57.7 Å². The fourth-order valence-electron chi connectivity index (χ4n) is 4.54. The van der Waals surface area contributed by atoms with E-state index in [1.165, 1.54) is 33.5 Å². The van der Waals surface area contributed by atoms with E-state index in [9.17, 15) is 0 Å². The van der Waals surface area contributed by atoms with Crippen molar-refractivity contribution in [2.24, 2.45) is 5.41 Å². The highest BCUT2D eigenvalue weighted by Crippen LogP contribution is 2.46. The van der Waals surface area contributed by atoms with Crippen molar-refractivity contribution < 1.29 is 4.57 Å². The van der Waals surface area contributed by atoms with Crippen LogP contribution in [0.1, 0.15) is 66.5 Å². The number of allylic oxidation sites excluding steroid dienone is 5. The molecule has 0 radical (unpaired) electrons. The Morgan fingerprint density at radius 2 is 1.72 bits per heavy atom. The lowest BCUT2D eigenvalue weighted by Crippen LogP contribution is -2.65. The van der Waals surface area contributed by atoms with Crippen LogP contribution in [0, 0.1) is 5.41 Å². The first-order valence-electron chi connectivity index (χ1n) is 10.6. The van der Waals surface area contributed by atoms with Crippen molar-refractivity contribution >= 4 is 5.57 Å². The Hall–Kier alpha value is -2.41. The normalized spacial score (nSPS) is 18.1. The second-order valence-corrected chi connectivity index (χ2v) is 10.2. The topological polar surface area (TPSA) is 3.88 Å². The van der Waals surface area contributed by atoms with E-state index < -0.39 is 0 Å². The number of hydrogen-bond donors (Lipinski definition) is 0. The zero-order valence-corrected chi connectivity index (χ0v) is 19.4. The summed E-state index contributed by atoms with van der Waals surface area (Å²) >= 11 is 0. The molecule has 2 heterocycles. The molecule has 1 nitrogen and oxygen atoms in total. The highest BCUT2D eigenvalue weighted by Gasteiger charge is 2.52. The van der Waals surface area contributed by atoms with E-state index in [1.54, 1.807) is 0 Å². The molecule has 0 saturated heterocycles. The molecule has 1 aromatic carbocycles. The summed E-state index contributed by atoms with van der Waals surface area (Å²) in [4.78, 5) is 0. The Labute approximate surface area is 177 Å². The summed E-state index contributed by atoms with van der Waals surface area (Å²) in [5.74, 6) is 0. The molecule has 2 aromatic rings.